The first-order chi connectivity index (χ1) is 27.6. The number of rotatable bonds is 6. The molecule has 300 valence electrons. The zero-order valence-corrected chi connectivity index (χ0v) is 37.9. The van der Waals surface area contributed by atoms with Crippen LogP contribution < -0.4 is 0 Å². The van der Waals surface area contributed by atoms with Crippen molar-refractivity contribution < 1.29 is 0 Å². The minimum atomic E-state index is 0.0984. The fourth-order valence-electron chi connectivity index (χ4n) is 8.02. The van der Waals surface area contributed by atoms with E-state index in [1.807, 2.05) is 0 Å². The van der Waals surface area contributed by atoms with Crippen molar-refractivity contribution in [2.24, 2.45) is 0 Å². The van der Waals surface area contributed by atoms with E-state index in [1.54, 1.807) is 0 Å². The van der Waals surface area contributed by atoms with E-state index in [2.05, 4.69) is 242 Å². The Kier molecular flexibility index (Phi) is 11.0. The quantitative estimate of drug-likeness (QED) is 0.158. The summed E-state index contributed by atoms with van der Waals surface area (Å²) >= 11 is 0. The summed E-state index contributed by atoms with van der Waals surface area (Å²) < 4.78 is 0. The van der Waals surface area contributed by atoms with Gasteiger partial charge in [-0.25, -0.2) is 0 Å². The first kappa shape index (κ1) is 41.7. The average molecular weight is 773 g/mol. The van der Waals surface area contributed by atoms with E-state index in [0.29, 0.717) is 0 Å². The molecule has 0 atom stereocenters. The molecule has 0 aliphatic carbocycles. The Balaban J connectivity index is 1.38. The number of hydrogen-bond acceptors (Lipinski definition) is 0. The summed E-state index contributed by atoms with van der Waals surface area (Å²) in [7, 11) is 0. The maximum Gasteiger partial charge on any atom is -0.0132 e. The summed E-state index contributed by atoms with van der Waals surface area (Å²) in [5, 5.41) is 0. The predicted octanol–water partition coefficient (Wildman–Crippen LogP) is 17.2. The van der Waals surface area contributed by atoms with Crippen LogP contribution in [0.1, 0.15) is 111 Å². The van der Waals surface area contributed by atoms with Gasteiger partial charge in [-0.05, 0) is 166 Å². The molecule has 0 radical (unpaired) electrons. The van der Waals surface area contributed by atoms with E-state index in [4.69, 9.17) is 0 Å². The van der Waals surface area contributed by atoms with E-state index in [-0.39, 0.29) is 21.7 Å². The minimum absolute atomic E-state index is 0.0984. The molecule has 0 unspecified atom stereocenters. The Morgan fingerprint density at radius 3 is 0.525 bits per heavy atom. The lowest BCUT2D eigenvalue weighted by atomic mass is 9.84. The molecular weight excluding hydrogens is 709 g/mol. The second-order valence-corrected chi connectivity index (χ2v) is 21.0. The first-order valence-corrected chi connectivity index (χ1v) is 21.5. The van der Waals surface area contributed by atoms with E-state index in [0.717, 1.165) is 0 Å². The molecule has 0 aromatic heterocycles. The van der Waals surface area contributed by atoms with Gasteiger partial charge in [0.2, 0.25) is 0 Å². The van der Waals surface area contributed by atoms with Gasteiger partial charge in [-0.1, -0.05) is 192 Å². The van der Waals surface area contributed by atoms with Gasteiger partial charge in [0, 0.05) is 0 Å². The molecule has 0 bridgehead atoms. The van der Waals surface area contributed by atoms with Crippen LogP contribution in [0.4, 0.5) is 0 Å². The van der Waals surface area contributed by atoms with Crippen molar-refractivity contribution in [2.45, 2.75) is 112 Å². The van der Waals surface area contributed by atoms with Crippen LogP contribution in [0, 0.1) is 6.92 Å². The van der Waals surface area contributed by atoms with Gasteiger partial charge in [0.15, 0.2) is 0 Å². The molecule has 7 aromatic rings. The van der Waals surface area contributed by atoms with Crippen molar-refractivity contribution in [1.82, 2.24) is 0 Å². The van der Waals surface area contributed by atoms with Crippen LogP contribution >= 0.6 is 0 Å². The monoisotopic (exact) mass is 773 g/mol. The molecule has 0 saturated carbocycles. The second kappa shape index (κ2) is 15.6. The lowest BCUT2D eigenvalue weighted by Gasteiger charge is -2.20. The van der Waals surface area contributed by atoms with Crippen LogP contribution in [0.25, 0.3) is 66.8 Å². The van der Waals surface area contributed by atoms with Crippen LogP contribution in [-0.4, -0.2) is 0 Å². The molecule has 0 saturated heterocycles. The normalized spacial score (nSPS) is 12.5. The predicted molar refractivity (Wildman–Crippen MR) is 259 cm³/mol. The summed E-state index contributed by atoms with van der Waals surface area (Å²) in [6, 6.07) is 58.1. The Bertz CT molecular complexity index is 2230. The Hall–Kier alpha value is -5.46. The minimum Gasteiger partial charge on any atom is -0.0579 e. The molecule has 0 nitrogen and oxygen atoms in total. The van der Waals surface area contributed by atoms with Gasteiger partial charge < -0.3 is 0 Å². The summed E-state index contributed by atoms with van der Waals surface area (Å²) in [5.74, 6) is 0. The van der Waals surface area contributed by atoms with E-state index >= 15 is 0 Å². The third-order valence-electron chi connectivity index (χ3n) is 11.9. The molecule has 0 heteroatoms. The Morgan fingerprint density at radius 1 is 0.203 bits per heavy atom. The molecule has 7 aromatic carbocycles. The molecule has 0 fully saturated rings. The highest BCUT2D eigenvalue weighted by Crippen LogP contribution is 2.39. The van der Waals surface area contributed by atoms with Gasteiger partial charge in [0.05, 0.1) is 0 Å². The summed E-state index contributed by atoms with van der Waals surface area (Å²) in [6.07, 6.45) is 0. The topological polar surface area (TPSA) is 0 Å². The van der Waals surface area contributed by atoms with Crippen LogP contribution in [-0.2, 0) is 21.7 Å². The fraction of sp³-hybridized carbons (Fsp3) is 0.288. The summed E-state index contributed by atoms with van der Waals surface area (Å²) in [5.41, 5.74) is 21.7. The van der Waals surface area contributed by atoms with Gasteiger partial charge >= 0.3 is 0 Å². The Morgan fingerprint density at radius 2 is 0.356 bits per heavy atom. The number of benzene rings is 7. The highest BCUT2D eigenvalue weighted by molar-refractivity contribution is 5.86. The standard InChI is InChI=1S/C59H64/c1-39-30-44(50-35-46(40-14-22-52(23-15-40)56(2,3)4)33-47(36-50)41-16-24-53(25-17-41)57(5,6)7)32-45(31-39)51-37-48(42-18-26-54(27-19-42)58(8,9)10)34-49(38-51)43-20-28-55(29-21-43)59(11,12)13/h14-38H,1-13H3. The van der Waals surface area contributed by atoms with Crippen molar-refractivity contribution in [3.05, 3.63) is 179 Å². The van der Waals surface area contributed by atoms with Gasteiger partial charge in [-0.3, -0.25) is 0 Å². The summed E-state index contributed by atoms with van der Waals surface area (Å²) in [6.45, 7) is 29.6. The SMILES string of the molecule is Cc1cc(-c2cc(-c3ccc(C(C)(C)C)cc3)cc(-c3ccc(C(C)(C)C)cc3)c2)cc(-c2cc(-c3ccc(C(C)(C)C)cc3)cc(-c3ccc(C(C)(C)C)cc3)c2)c1. The summed E-state index contributed by atoms with van der Waals surface area (Å²) in [4.78, 5) is 0. The highest BCUT2D eigenvalue weighted by Gasteiger charge is 2.18. The number of aryl methyl sites for hydroxylation is 1. The third-order valence-corrected chi connectivity index (χ3v) is 11.9. The molecular formula is C59H64. The van der Waals surface area contributed by atoms with Crippen LogP contribution in [0.3, 0.4) is 0 Å². The Labute approximate surface area is 356 Å². The van der Waals surface area contributed by atoms with Crippen molar-refractivity contribution in [1.29, 1.82) is 0 Å². The lowest BCUT2D eigenvalue weighted by Crippen LogP contribution is -2.10. The smallest absolute Gasteiger partial charge is 0.0132 e. The van der Waals surface area contributed by atoms with Crippen molar-refractivity contribution in [3.8, 4) is 66.8 Å². The van der Waals surface area contributed by atoms with Gasteiger partial charge in [0.25, 0.3) is 0 Å². The molecule has 59 heavy (non-hydrogen) atoms. The average Bonchev–Trinajstić information content (AvgIpc) is 3.19. The molecule has 0 spiro atoms. The van der Waals surface area contributed by atoms with Crippen LogP contribution in [0.15, 0.2) is 152 Å². The highest BCUT2D eigenvalue weighted by atomic mass is 14.2. The molecule has 0 aliphatic rings. The van der Waals surface area contributed by atoms with Crippen molar-refractivity contribution in [3.63, 3.8) is 0 Å². The van der Waals surface area contributed by atoms with Gasteiger partial charge in [-0.2, -0.15) is 0 Å². The van der Waals surface area contributed by atoms with E-state index in [9.17, 15) is 0 Å². The molecule has 0 amide bonds. The van der Waals surface area contributed by atoms with Crippen LogP contribution in [0.5, 0.6) is 0 Å². The molecule has 0 aliphatic heterocycles. The first-order valence-electron chi connectivity index (χ1n) is 21.5. The molecule has 0 N–H and O–H groups in total. The fourth-order valence-corrected chi connectivity index (χ4v) is 8.02. The van der Waals surface area contributed by atoms with Gasteiger partial charge in [0.1, 0.15) is 0 Å². The molecule has 7 rings (SSSR count). The van der Waals surface area contributed by atoms with E-state index < -0.39 is 0 Å². The number of hydrogen-bond donors (Lipinski definition) is 0. The maximum atomic E-state index is 2.40. The third kappa shape index (κ3) is 9.55. The second-order valence-electron chi connectivity index (χ2n) is 21.0. The largest absolute Gasteiger partial charge is 0.0579 e. The maximum absolute atomic E-state index is 2.40. The van der Waals surface area contributed by atoms with Crippen molar-refractivity contribution in [2.75, 3.05) is 0 Å². The molecule has 0 heterocycles. The van der Waals surface area contributed by atoms with E-state index in [1.165, 1.54) is 94.6 Å². The lowest BCUT2D eigenvalue weighted by molar-refractivity contribution is 0.590. The zero-order valence-electron chi connectivity index (χ0n) is 37.9. The van der Waals surface area contributed by atoms with Crippen LogP contribution in [0.2, 0.25) is 0 Å². The zero-order chi connectivity index (χ0) is 42.5. The van der Waals surface area contributed by atoms with Crippen molar-refractivity contribution >= 4 is 0 Å². The van der Waals surface area contributed by atoms with Gasteiger partial charge in [-0.15, -0.1) is 0 Å².